The van der Waals surface area contributed by atoms with Crippen molar-refractivity contribution >= 4 is 28.7 Å². The Morgan fingerprint density at radius 3 is 2.24 bits per heavy atom. The van der Waals surface area contributed by atoms with Crippen molar-refractivity contribution in [2.75, 3.05) is 35.6 Å². The molecule has 0 saturated carbocycles. The highest BCUT2D eigenvalue weighted by Crippen LogP contribution is 2.24. The van der Waals surface area contributed by atoms with E-state index in [9.17, 15) is 5.11 Å². The number of aliphatic hydroxyl groups is 1. The van der Waals surface area contributed by atoms with Gasteiger partial charge in [-0.1, -0.05) is 20.3 Å². The van der Waals surface area contributed by atoms with Crippen LogP contribution in [0.3, 0.4) is 0 Å². The highest BCUT2D eigenvalue weighted by molar-refractivity contribution is 5.88. The Balaban J connectivity index is 2.53. The maximum absolute atomic E-state index is 9.49. The van der Waals surface area contributed by atoms with Crippen LogP contribution in [-0.2, 0) is 6.42 Å². The van der Waals surface area contributed by atoms with Crippen molar-refractivity contribution in [3.8, 4) is 0 Å². The number of hydrogen-bond donors (Lipinski definition) is 4. The Labute approximate surface area is 148 Å². The van der Waals surface area contributed by atoms with E-state index in [4.69, 9.17) is 0 Å². The number of hydrogen-bond acceptors (Lipinski definition) is 8. The molecule has 0 aliphatic heterocycles. The summed E-state index contributed by atoms with van der Waals surface area (Å²) in [6, 6.07) is 0. The second-order valence-electron chi connectivity index (χ2n) is 6.02. The normalized spacial score (nSPS) is 12.2. The van der Waals surface area contributed by atoms with Gasteiger partial charge in [-0.15, -0.1) is 0 Å². The third-order valence-corrected chi connectivity index (χ3v) is 3.54. The van der Waals surface area contributed by atoms with Crippen molar-refractivity contribution in [3.63, 3.8) is 0 Å². The molecule has 8 nitrogen and oxygen atoms in total. The predicted molar refractivity (Wildman–Crippen MR) is 102 cm³/mol. The SMILES string of the molecule is CCCNc1nc(CCC)c2nc(NC[C@H](C)O)nc(NCC)c2n1. The fourth-order valence-corrected chi connectivity index (χ4v) is 2.41. The number of nitrogens with zero attached hydrogens (tertiary/aromatic N) is 4. The molecule has 2 rings (SSSR count). The van der Waals surface area contributed by atoms with Gasteiger partial charge in [0.1, 0.15) is 11.0 Å². The van der Waals surface area contributed by atoms with Crippen molar-refractivity contribution in [2.24, 2.45) is 0 Å². The molecule has 0 unspecified atom stereocenters. The van der Waals surface area contributed by atoms with Gasteiger partial charge in [0.05, 0.1) is 11.8 Å². The lowest BCUT2D eigenvalue weighted by molar-refractivity contribution is 0.208. The monoisotopic (exact) mass is 347 g/mol. The van der Waals surface area contributed by atoms with Crippen LogP contribution in [0, 0.1) is 0 Å². The van der Waals surface area contributed by atoms with Crippen molar-refractivity contribution in [1.29, 1.82) is 0 Å². The Kier molecular flexibility index (Phi) is 7.12. The molecule has 0 fully saturated rings. The van der Waals surface area contributed by atoms with Gasteiger partial charge in [0.25, 0.3) is 0 Å². The molecule has 8 heteroatoms. The van der Waals surface area contributed by atoms with Gasteiger partial charge < -0.3 is 21.1 Å². The van der Waals surface area contributed by atoms with Gasteiger partial charge in [-0.2, -0.15) is 4.98 Å². The van der Waals surface area contributed by atoms with Crippen molar-refractivity contribution in [3.05, 3.63) is 5.69 Å². The highest BCUT2D eigenvalue weighted by Gasteiger charge is 2.15. The van der Waals surface area contributed by atoms with Gasteiger partial charge in [-0.3, -0.25) is 0 Å². The second-order valence-corrected chi connectivity index (χ2v) is 6.02. The minimum absolute atomic E-state index is 0.386. The molecular weight excluding hydrogens is 318 g/mol. The van der Waals surface area contributed by atoms with E-state index >= 15 is 0 Å². The van der Waals surface area contributed by atoms with E-state index in [-0.39, 0.29) is 0 Å². The lowest BCUT2D eigenvalue weighted by atomic mass is 10.2. The average Bonchev–Trinajstić information content (AvgIpc) is 2.59. The van der Waals surface area contributed by atoms with Crippen LogP contribution < -0.4 is 16.0 Å². The molecule has 2 heterocycles. The molecule has 25 heavy (non-hydrogen) atoms. The number of aliphatic hydroxyl groups excluding tert-OH is 1. The molecule has 0 bridgehead atoms. The van der Waals surface area contributed by atoms with Crippen LogP contribution in [0.5, 0.6) is 0 Å². The first-order valence-electron chi connectivity index (χ1n) is 9.07. The van der Waals surface area contributed by atoms with E-state index in [0.29, 0.717) is 24.3 Å². The third-order valence-electron chi connectivity index (χ3n) is 3.54. The summed E-state index contributed by atoms with van der Waals surface area (Å²) < 4.78 is 0. The molecule has 0 aromatic carbocycles. The zero-order valence-electron chi connectivity index (χ0n) is 15.6. The first-order valence-corrected chi connectivity index (χ1v) is 9.07. The largest absolute Gasteiger partial charge is 0.392 e. The summed E-state index contributed by atoms with van der Waals surface area (Å²) in [6.45, 7) is 9.89. The van der Waals surface area contributed by atoms with Gasteiger partial charge in [0, 0.05) is 19.6 Å². The fourth-order valence-electron chi connectivity index (χ4n) is 2.41. The lowest BCUT2D eigenvalue weighted by Crippen LogP contribution is -2.18. The number of aryl methyl sites for hydroxylation is 1. The summed E-state index contributed by atoms with van der Waals surface area (Å²) in [5.74, 6) is 1.77. The van der Waals surface area contributed by atoms with Gasteiger partial charge in [0.15, 0.2) is 5.82 Å². The van der Waals surface area contributed by atoms with E-state index in [2.05, 4.69) is 49.7 Å². The molecule has 1 atom stereocenters. The average molecular weight is 347 g/mol. The Morgan fingerprint density at radius 1 is 0.880 bits per heavy atom. The highest BCUT2D eigenvalue weighted by atomic mass is 16.3. The Bertz CT molecular complexity index is 690. The van der Waals surface area contributed by atoms with E-state index < -0.39 is 6.10 Å². The fraction of sp³-hybridized carbons (Fsp3) is 0.647. The number of aromatic nitrogens is 4. The summed E-state index contributed by atoms with van der Waals surface area (Å²) in [4.78, 5) is 18.4. The molecule has 0 aliphatic carbocycles. The smallest absolute Gasteiger partial charge is 0.225 e. The summed E-state index contributed by atoms with van der Waals surface area (Å²) in [5, 5.41) is 19.1. The van der Waals surface area contributed by atoms with Gasteiger partial charge in [-0.25, -0.2) is 15.0 Å². The van der Waals surface area contributed by atoms with Gasteiger partial charge in [-0.05, 0) is 26.7 Å². The Hall–Kier alpha value is -2.22. The molecule has 0 spiro atoms. The molecule has 0 aliphatic rings. The van der Waals surface area contributed by atoms with Crippen LogP contribution in [0.25, 0.3) is 11.0 Å². The summed E-state index contributed by atoms with van der Waals surface area (Å²) in [7, 11) is 0. The lowest BCUT2D eigenvalue weighted by Gasteiger charge is -2.14. The standard InChI is InChI=1S/C17H29N7O/c1-5-8-12-13-14(23-16(21-12)19-9-6-2)15(18-7-3)24-17(22-13)20-10-11(4)25/h11,25H,5-10H2,1-4H3,(H,19,21,23)(H2,18,20,22,24)/t11-/m0/s1. The van der Waals surface area contributed by atoms with Crippen LogP contribution in [0.4, 0.5) is 17.7 Å². The van der Waals surface area contributed by atoms with E-state index in [1.807, 2.05) is 6.92 Å². The third kappa shape index (κ3) is 5.12. The maximum atomic E-state index is 9.49. The maximum Gasteiger partial charge on any atom is 0.225 e. The summed E-state index contributed by atoms with van der Waals surface area (Å²) >= 11 is 0. The first kappa shape index (κ1) is 19.1. The Morgan fingerprint density at radius 2 is 1.60 bits per heavy atom. The number of anilines is 3. The number of nitrogens with one attached hydrogen (secondary N) is 3. The van der Waals surface area contributed by atoms with Gasteiger partial charge in [0.2, 0.25) is 11.9 Å². The zero-order valence-corrected chi connectivity index (χ0v) is 15.6. The van der Waals surface area contributed by atoms with E-state index in [1.165, 1.54) is 0 Å². The topological polar surface area (TPSA) is 108 Å². The summed E-state index contributed by atoms with van der Waals surface area (Å²) in [5.41, 5.74) is 2.39. The molecule has 0 radical (unpaired) electrons. The van der Waals surface area contributed by atoms with Crippen LogP contribution in [0.1, 0.15) is 46.2 Å². The molecule has 0 saturated heterocycles. The minimum Gasteiger partial charge on any atom is -0.392 e. The molecule has 0 amide bonds. The second kappa shape index (κ2) is 9.31. The quantitative estimate of drug-likeness (QED) is 0.519. The van der Waals surface area contributed by atoms with Gasteiger partial charge >= 0.3 is 0 Å². The predicted octanol–water partition coefficient (Wildman–Crippen LogP) is 2.42. The van der Waals surface area contributed by atoms with E-state index in [1.54, 1.807) is 6.92 Å². The summed E-state index contributed by atoms with van der Waals surface area (Å²) in [6.07, 6.45) is 2.31. The molecule has 2 aromatic rings. The molecule has 2 aromatic heterocycles. The first-order chi connectivity index (χ1) is 12.1. The van der Waals surface area contributed by atoms with Crippen molar-refractivity contribution in [1.82, 2.24) is 19.9 Å². The number of fused-ring (bicyclic) bond motifs is 1. The number of rotatable bonds is 10. The molecular formula is C17H29N7O. The van der Waals surface area contributed by atoms with E-state index in [0.717, 1.165) is 49.1 Å². The van der Waals surface area contributed by atoms with Crippen LogP contribution in [0.15, 0.2) is 0 Å². The molecule has 4 N–H and O–H groups in total. The molecule has 138 valence electrons. The van der Waals surface area contributed by atoms with Crippen LogP contribution in [-0.4, -0.2) is 50.8 Å². The minimum atomic E-state index is -0.478. The van der Waals surface area contributed by atoms with Crippen molar-refractivity contribution < 1.29 is 5.11 Å². The van der Waals surface area contributed by atoms with Crippen LogP contribution >= 0.6 is 0 Å². The van der Waals surface area contributed by atoms with Crippen LogP contribution in [0.2, 0.25) is 0 Å². The van der Waals surface area contributed by atoms with Crippen molar-refractivity contribution in [2.45, 2.75) is 53.1 Å². The zero-order chi connectivity index (χ0) is 18.2.